The molecule has 0 spiro atoms. The van der Waals surface area contributed by atoms with E-state index in [0.717, 1.165) is 0 Å². The Morgan fingerprint density at radius 1 is 1.71 bits per heavy atom. The lowest BCUT2D eigenvalue weighted by molar-refractivity contribution is -0.121. The summed E-state index contributed by atoms with van der Waals surface area (Å²) >= 11 is 0. The second-order valence-corrected chi connectivity index (χ2v) is 3.45. The highest BCUT2D eigenvalue weighted by Crippen LogP contribution is 1.99. The molecule has 1 aromatic heterocycles. The van der Waals surface area contributed by atoms with E-state index in [0.29, 0.717) is 18.9 Å². The number of anilines is 1. The molecule has 0 aliphatic carbocycles. The topological polar surface area (TPSA) is 72.9 Å². The highest BCUT2D eigenvalue weighted by atomic mass is 16.1. The third-order valence-corrected chi connectivity index (χ3v) is 1.78. The summed E-state index contributed by atoms with van der Waals surface area (Å²) < 4.78 is 1.75. The van der Waals surface area contributed by atoms with Crippen LogP contribution >= 0.6 is 0 Å². The fourth-order valence-corrected chi connectivity index (χ4v) is 1.15. The minimum Gasteiger partial charge on any atom is -0.369 e. The molecule has 1 heterocycles. The number of aromatic nitrogens is 2. The summed E-state index contributed by atoms with van der Waals surface area (Å²) in [6.45, 7) is 4.44. The fourth-order valence-electron chi connectivity index (χ4n) is 1.15. The maximum Gasteiger partial charge on any atom is 0.221 e. The lowest BCUT2D eigenvalue weighted by atomic mass is 10.3. The van der Waals surface area contributed by atoms with Gasteiger partial charge in [-0.25, -0.2) is 4.98 Å². The van der Waals surface area contributed by atoms with Crippen LogP contribution in [0, 0.1) is 0 Å². The van der Waals surface area contributed by atoms with Crippen LogP contribution in [0.15, 0.2) is 12.4 Å². The van der Waals surface area contributed by atoms with Gasteiger partial charge in [-0.2, -0.15) is 0 Å². The molecule has 0 atom stereocenters. The number of imidazole rings is 1. The van der Waals surface area contributed by atoms with E-state index < -0.39 is 0 Å². The number of carbonyl (C=O) groups is 1. The van der Waals surface area contributed by atoms with Crippen molar-refractivity contribution in [2.24, 2.45) is 0 Å². The molecule has 0 bridgehead atoms. The molecule has 0 unspecified atom stereocenters. The molecule has 0 radical (unpaired) electrons. The Balaban J connectivity index is 2.34. The number of hydrogen-bond donors (Lipinski definition) is 2. The summed E-state index contributed by atoms with van der Waals surface area (Å²) in [5, 5.41) is 2.81. The molecule has 14 heavy (non-hydrogen) atoms. The van der Waals surface area contributed by atoms with E-state index in [1.54, 1.807) is 17.0 Å². The number of aryl methyl sites for hydroxylation is 1. The van der Waals surface area contributed by atoms with Crippen LogP contribution in [0.3, 0.4) is 0 Å². The van der Waals surface area contributed by atoms with Crippen LogP contribution in [0.2, 0.25) is 0 Å². The predicted octanol–water partition coefficient (Wildman–Crippen LogP) is 0.380. The summed E-state index contributed by atoms with van der Waals surface area (Å²) in [6.07, 6.45) is 3.81. The Morgan fingerprint density at radius 2 is 2.43 bits per heavy atom. The molecule has 0 saturated carbocycles. The molecule has 0 aromatic carbocycles. The van der Waals surface area contributed by atoms with E-state index in [-0.39, 0.29) is 11.9 Å². The van der Waals surface area contributed by atoms with Gasteiger partial charge in [0.25, 0.3) is 0 Å². The second kappa shape index (κ2) is 4.64. The highest BCUT2D eigenvalue weighted by molar-refractivity contribution is 5.76. The predicted molar refractivity (Wildman–Crippen MR) is 54.5 cm³/mol. The molecule has 5 nitrogen and oxygen atoms in total. The van der Waals surface area contributed by atoms with Gasteiger partial charge in [-0.15, -0.1) is 0 Å². The van der Waals surface area contributed by atoms with Gasteiger partial charge in [-0.05, 0) is 13.8 Å². The van der Waals surface area contributed by atoms with Crippen molar-refractivity contribution in [2.45, 2.75) is 32.9 Å². The standard InChI is InChI=1S/C9H16N4O/c1-7(2)12-8(14)3-5-13-6-4-11-9(13)10/h4,6-7H,3,5H2,1-2H3,(H2,10,11)(H,12,14). The maximum absolute atomic E-state index is 11.3. The van der Waals surface area contributed by atoms with Crippen molar-refractivity contribution in [1.29, 1.82) is 0 Å². The Kier molecular flexibility index (Phi) is 3.50. The minimum absolute atomic E-state index is 0.0353. The number of hydrogen-bond acceptors (Lipinski definition) is 3. The lowest BCUT2D eigenvalue weighted by Crippen LogP contribution is -2.30. The van der Waals surface area contributed by atoms with Crippen LogP contribution < -0.4 is 11.1 Å². The summed E-state index contributed by atoms with van der Waals surface area (Å²) in [7, 11) is 0. The molecule has 0 aliphatic heterocycles. The van der Waals surface area contributed by atoms with Crippen molar-refractivity contribution >= 4 is 11.9 Å². The van der Waals surface area contributed by atoms with Crippen molar-refractivity contribution < 1.29 is 4.79 Å². The molecule has 5 heteroatoms. The van der Waals surface area contributed by atoms with Crippen LogP contribution in [0.1, 0.15) is 20.3 Å². The maximum atomic E-state index is 11.3. The van der Waals surface area contributed by atoms with Crippen LogP contribution in [0.5, 0.6) is 0 Å². The van der Waals surface area contributed by atoms with Gasteiger partial charge in [0.2, 0.25) is 5.91 Å². The zero-order valence-electron chi connectivity index (χ0n) is 8.53. The third kappa shape index (κ3) is 3.08. The average Bonchev–Trinajstić information content (AvgIpc) is 2.46. The smallest absolute Gasteiger partial charge is 0.221 e. The van der Waals surface area contributed by atoms with Gasteiger partial charge in [0.1, 0.15) is 0 Å². The van der Waals surface area contributed by atoms with E-state index in [9.17, 15) is 4.79 Å². The van der Waals surface area contributed by atoms with Crippen molar-refractivity contribution in [3.8, 4) is 0 Å². The van der Waals surface area contributed by atoms with E-state index in [1.807, 2.05) is 13.8 Å². The molecule has 1 rings (SSSR count). The SMILES string of the molecule is CC(C)NC(=O)CCn1ccnc1N. The van der Waals surface area contributed by atoms with Gasteiger partial charge in [0.05, 0.1) is 0 Å². The number of amides is 1. The van der Waals surface area contributed by atoms with Gasteiger partial charge in [0.15, 0.2) is 5.95 Å². The molecule has 1 amide bonds. The Bertz CT molecular complexity index is 306. The van der Waals surface area contributed by atoms with E-state index >= 15 is 0 Å². The van der Waals surface area contributed by atoms with Gasteiger partial charge < -0.3 is 15.6 Å². The van der Waals surface area contributed by atoms with E-state index in [1.165, 1.54) is 0 Å². The van der Waals surface area contributed by atoms with Gasteiger partial charge in [-0.1, -0.05) is 0 Å². The summed E-state index contributed by atoms with van der Waals surface area (Å²) in [5.74, 6) is 0.482. The highest BCUT2D eigenvalue weighted by Gasteiger charge is 2.04. The molecular formula is C9H16N4O. The first-order chi connectivity index (χ1) is 6.59. The summed E-state index contributed by atoms with van der Waals surface area (Å²) in [4.78, 5) is 15.1. The monoisotopic (exact) mass is 196 g/mol. The van der Waals surface area contributed by atoms with Crippen molar-refractivity contribution in [1.82, 2.24) is 14.9 Å². The largest absolute Gasteiger partial charge is 0.369 e. The molecule has 1 aromatic rings. The van der Waals surface area contributed by atoms with Crippen molar-refractivity contribution in [2.75, 3.05) is 5.73 Å². The number of nitrogens with one attached hydrogen (secondary N) is 1. The molecule has 0 fully saturated rings. The lowest BCUT2D eigenvalue weighted by Gasteiger charge is -2.08. The fraction of sp³-hybridized carbons (Fsp3) is 0.556. The van der Waals surface area contributed by atoms with Gasteiger partial charge >= 0.3 is 0 Å². The minimum atomic E-state index is 0.0353. The number of carbonyl (C=O) groups excluding carboxylic acids is 1. The Morgan fingerprint density at radius 3 is 2.93 bits per heavy atom. The molecule has 3 N–H and O–H groups in total. The second-order valence-electron chi connectivity index (χ2n) is 3.45. The van der Waals surface area contributed by atoms with Gasteiger partial charge in [-0.3, -0.25) is 4.79 Å². The summed E-state index contributed by atoms with van der Waals surface area (Å²) in [5.41, 5.74) is 5.55. The number of nitrogen functional groups attached to an aromatic ring is 1. The zero-order chi connectivity index (χ0) is 10.6. The first-order valence-corrected chi connectivity index (χ1v) is 4.65. The number of nitrogens with zero attached hydrogens (tertiary/aromatic N) is 2. The third-order valence-electron chi connectivity index (χ3n) is 1.78. The molecular weight excluding hydrogens is 180 g/mol. The van der Waals surface area contributed by atoms with Crippen molar-refractivity contribution in [3.63, 3.8) is 0 Å². The zero-order valence-corrected chi connectivity index (χ0v) is 8.53. The van der Waals surface area contributed by atoms with E-state index in [4.69, 9.17) is 5.73 Å². The van der Waals surface area contributed by atoms with Crippen molar-refractivity contribution in [3.05, 3.63) is 12.4 Å². The first kappa shape index (κ1) is 10.6. The Labute approximate surface area is 83.3 Å². The molecule has 0 aliphatic rings. The van der Waals surface area contributed by atoms with E-state index in [2.05, 4.69) is 10.3 Å². The number of rotatable bonds is 4. The normalized spacial score (nSPS) is 10.5. The average molecular weight is 196 g/mol. The molecule has 78 valence electrons. The Hall–Kier alpha value is -1.52. The van der Waals surface area contributed by atoms with Crippen LogP contribution in [0.25, 0.3) is 0 Å². The van der Waals surface area contributed by atoms with Crippen LogP contribution in [-0.4, -0.2) is 21.5 Å². The first-order valence-electron chi connectivity index (χ1n) is 4.65. The summed E-state index contributed by atoms with van der Waals surface area (Å²) in [6, 6.07) is 0.183. The van der Waals surface area contributed by atoms with Gasteiger partial charge in [0, 0.05) is 31.4 Å². The van der Waals surface area contributed by atoms with Crippen LogP contribution in [0.4, 0.5) is 5.95 Å². The van der Waals surface area contributed by atoms with Crippen LogP contribution in [-0.2, 0) is 11.3 Å². The number of nitrogens with two attached hydrogens (primary N) is 1. The molecule has 0 saturated heterocycles. The quantitative estimate of drug-likeness (QED) is 0.731.